The molecule has 0 aliphatic rings. The van der Waals surface area contributed by atoms with E-state index in [1.165, 1.54) is 0 Å². The second-order valence-electron chi connectivity index (χ2n) is 2.09. The zero-order valence-electron chi connectivity index (χ0n) is 6.14. The SMILES string of the molecule is C[S+]([O-])C(I)(C#N)CCCCl. The zero-order valence-corrected chi connectivity index (χ0v) is 9.87. The van der Waals surface area contributed by atoms with Gasteiger partial charge in [-0.2, -0.15) is 5.26 Å². The van der Waals surface area contributed by atoms with Gasteiger partial charge in [0.1, 0.15) is 6.07 Å². The average Bonchev–Trinajstić information content (AvgIpc) is 2.00. The summed E-state index contributed by atoms with van der Waals surface area (Å²) in [6.07, 6.45) is 2.87. The smallest absolute Gasteiger partial charge is 0.258 e. The molecule has 5 heteroatoms. The maximum Gasteiger partial charge on any atom is 0.258 e. The minimum Gasteiger partial charge on any atom is -0.615 e. The first kappa shape index (κ1) is 11.8. The number of halogens is 2. The molecule has 0 radical (unpaired) electrons. The molecule has 11 heavy (non-hydrogen) atoms. The molecule has 0 N–H and O–H groups in total. The molecule has 2 atom stereocenters. The fraction of sp³-hybridized carbons (Fsp3) is 0.833. The van der Waals surface area contributed by atoms with Gasteiger partial charge in [0, 0.05) is 34.9 Å². The maximum atomic E-state index is 11.0. The van der Waals surface area contributed by atoms with Crippen LogP contribution in [0.4, 0.5) is 0 Å². The fourth-order valence-electron chi connectivity index (χ4n) is 0.558. The number of nitriles is 1. The van der Waals surface area contributed by atoms with E-state index in [0.29, 0.717) is 12.3 Å². The summed E-state index contributed by atoms with van der Waals surface area (Å²) < 4.78 is 10.3. The summed E-state index contributed by atoms with van der Waals surface area (Å²) >= 11 is 6.29. The maximum absolute atomic E-state index is 11.0. The van der Waals surface area contributed by atoms with Crippen molar-refractivity contribution in [3.63, 3.8) is 0 Å². The van der Waals surface area contributed by atoms with Gasteiger partial charge in [-0.1, -0.05) is 0 Å². The van der Waals surface area contributed by atoms with Crippen molar-refractivity contribution in [2.75, 3.05) is 12.1 Å². The standard InChI is InChI=1S/C6H9ClINOS/c1-11(10)6(8,5-9)3-2-4-7/h2-4H2,1H3. The van der Waals surface area contributed by atoms with E-state index in [2.05, 4.69) is 0 Å². The third-order valence-electron chi connectivity index (χ3n) is 1.25. The van der Waals surface area contributed by atoms with E-state index >= 15 is 0 Å². The number of hydrogen-bond acceptors (Lipinski definition) is 2. The molecule has 0 saturated heterocycles. The third kappa shape index (κ3) is 3.83. The molecule has 0 aromatic rings. The molecule has 0 aliphatic carbocycles. The quantitative estimate of drug-likeness (QED) is 0.453. The van der Waals surface area contributed by atoms with Crippen LogP contribution in [0.5, 0.6) is 0 Å². The van der Waals surface area contributed by atoms with Crippen LogP contribution in [0.25, 0.3) is 0 Å². The lowest BCUT2D eigenvalue weighted by atomic mass is 10.3. The van der Waals surface area contributed by atoms with Gasteiger partial charge in [-0.05, 0) is 17.6 Å². The molecular formula is C6H9ClINOS. The molecule has 0 aromatic heterocycles. The highest BCUT2D eigenvalue weighted by molar-refractivity contribution is 14.1. The zero-order chi connectivity index (χ0) is 8.91. The van der Waals surface area contributed by atoms with Crippen LogP contribution >= 0.6 is 34.2 Å². The fourth-order valence-corrected chi connectivity index (χ4v) is 1.63. The van der Waals surface area contributed by atoms with Crippen molar-refractivity contribution in [1.29, 1.82) is 5.26 Å². The Bertz CT molecular complexity index is 161. The molecule has 2 unspecified atom stereocenters. The second-order valence-corrected chi connectivity index (χ2v) is 6.64. The highest BCUT2D eigenvalue weighted by atomic mass is 127. The van der Waals surface area contributed by atoms with Gasteiger partial charge < -0.3 is 4.55 Å². The van der Waals surface area contributed by atoms with Gasteiger partial charge in [0.25, 0.3) is 2.75 Å². The molecule has 0 aliphatic heterocycles. The Labute approximate surface area is 88.6 Å². The average molecular weight is 306 g/mol. The summed E-state index contributed by atoms with van der Waals surface area (Å²) in [7, 11) is 0. The lowest BCUT2D eigenvalue weighted by molar-refractivity contribution is 0.586. The third-order valence-corrected chi connectivity index (χ3v) is 5.37. The van der Waals surface area contributed by atoms with Crippen molar-refractivity contribution in [2.24, 2.45) is 0 Å². The van der Waals surface area contributed by atoms with E-state index in [0.717, 1.165) is 6.42 Å². The molecule has 0 spiro atoms. The highest BCUT2D eigenvalue weighted by Crippen LogP contribution is 2.30. The van der Waals surface area contributed by atoms with Crippen LogP contribution in [0, 0.1) is 11.3 Å². The normalized spacial score (nSPS) is 18.5. The largest absolute Gasteiger partial charge is 0.615 e. The summed E-state index contributed by atoms with van der Waals surface area (Å²) in [5, 5.41) is 8.69. The van der Waals surface area contributed by atoms with Gasteiger partial charge in [-0.25, -0.2) is 0 Å². The number of alkyl halides is 2. The van der Waals surface area contributed by atoms with Crippen LogP contribution < -0.4 is 0 Å². The Kier molecular flexibility index (Phi) is 5.87. The topological polar surface area (TPSA) is 46.8 Å². The van der Waals surface area contributed by atoms with Crippen molar-refractivity contribution in [1.82, 2.24) is 0 Å². The minimum atomic E-state index is -1.10. The molecule has 0 rings (SSSR count). The molecule has 0 heterocycles. The first-order chi connectivity index (χ1) is 5.06. The molecule has 0 amide bonds. The van der Waals surface area contributed by atoms with Crippen LogP contribution in [-0.4, -0.2) is 19.4 Å². The van der Waals surface area contributed by atoms with Gasteiger partial charge in [0.15, 0.2) is 0 Å². The molecule has 0 aromatic carbocycles. The monoisotopic (exact) mass is 305 g/mol. The van der Waals surface area contributed by atoms with Gasteiger partial charge in [-0.3, -0.25) is 0 Å². The summed E-state index contributed by atoms with van der Waals surface area (Å²) in [6, 6.07) is 2.04. The molecule has 64 valence electrons. The Morgan fingerprint density at radius 3 is 2.64 bits per heavy atom. The lowest BCUT2D eigenvalue weighted by Gasteiger charge is -2.19. The first-order valence-corrected chi connectivity index (χ1v) is 6.23. The summed E-state index contributed by atoms with van der Waals surface area (Å²) in [4.78, 5) is 0. The number of nitrogens with zero attached hydrogens (tertiary/aromatic N) is 1. The Morgan fingerprint density at radius 1 is 1.82 bits per heavy atom. The van der Waals surface area contributed by atoms with Crippen molar-refractivity contribution in [2.45, 2.75) is 15.6 Å². The predicted molar refractivity (Wildman–Crippen MR) is 56.4 cm³/mol. The van der Waals surface area contributed by atoms with Crippen molar-refractivity contribution < 1.29 is 4.55 Å². The predicted octanol–water partition coefficient (Wildman–Crippen LogP) is 2.04. The highest BCUT2D eigenvalue weighted by Gasteiger charge is 2.35. The molecule has 2 nitrogen and oxygen atoms in total. The van der Waals surface area contributed by atoms with Crippen LogP contribution in [-0.2, 0) is 11.2 Å². The van der Waals surface area contributed by atoms with E-state index in [1.54, 1.807) is 6.26 Å². The second kappa shape index (κ2) is 5.46. The molecule has 0 fully saturated rings. The van der Waals surface area contributed by atoms with Crippen LogP contribution in [0.1, 0.15) is 12.8 Å². The molecule has 0 saturated carbocycles. The van der Waals surface area contributed by atoms with Crippen LogP contribution in [0.2, 0.25) is 0 Å². The first-order valence-electron chi connectivity index (χ1n) is 3.06. The van der Waals surface area contributed by atoms with Crippen molar-refractivity contribution >= 4 is 45.4 Å². The summed E-state index contributed by atoms with van der Waals surface area (Å²) in [5.74, 6) is 0.517. The molecule has 0 bridgehead atoms. The van der Waals surface area contributed by atoms with Gasteiger partial charge >= 0.3 is 0 Å². The summed E-state index contributed by atoms with van der Waals surface area (Å²) in [5.41, 5.74) is 0. The van der Waals surface area contributed by atoms with Gasteiger partial charge in [-0.15, -0.1) is 11.6 Å². The summed E-state index contributed by atoms with van der Waals surface area (Å²) in [6.45, 7) is 0. The number of hydrogen-bond donors (Lipinski definition) is 0. The van der Waals surface area contributed by atoms with E-state index in [4.69, 9.17) is 16.9 Å². The number of rotatable bonds is 4. The van der Waals surface area contributed by atoms with Gasteiger partial charge in [0.05, 0.1) is 6.26 Å². The Hall–Kier alpha value is 0.820. The molecular weight excluding hydrogens is 296 g/mol. The van der Waals surface area contributed by atoms with Crippen molar-refractivity contribution in [3.8, 4) is 6.07 Å². The van der Waals surface area contributed by atoms with E-state index < -0.39 is 13.9 Å². The van der Waals surface area contributed by atoms with Gasteiger partial charge in [0.2, 0.25) is 0 Å². The Morgan fingerprint density at radius 2 is 2.36 bits per heavy atom. The van der Waals surface area contributed by atoms with E-state index in [9.17, 15) is 4.55 Å². The minimum absolute atomic E-state index is 0.517. The lowest BCUT2D eigenvalue weighted by Crippen LogP contribution is -2.29. The van der Waals surface area contributed by atoms with E-state index in [-0.39, 0.29) is 0 Å². The van der Waals surface area contributed by atoms with Crippen molar-refractivity contribution in [3.05, 3.63) is 0 Å². The van der Waals surface area contributed by atoms with E-state index in [1.807, 2.05) is 28.7 Å². The van der Waals surface area contributed by atoms with Crippen LogP contribution in [0.3, 0.4) is 0 Å². The Balaban J connectivity index is 4.03. The van der Waals surface area contributed by atoms with Crippen LogP contribution in [0.15, 0.2) is 0 Å².